The summed E-state index contributed by atoms with van der Waals surface area (Å²) in [4.78, 5) is 11.6. The predicted octanol–water partition coefficient (Wildman–Crippen LogP) is 4.88. The zero-order chi connectivity index (χ0) is 16.7. The first-order valence-electron chi connectivity index (χ1n) is 7.48. The highest BCUT2D eigenvalue weighted by Crippen LogP contribution is 2.29. The van der Waals surface area contributed by atoms with Crippen molar-refractivity contribution in [1.82, 2.24) is 15.0 Å². The first kappa shape index (κ1) is 14.5. The largest absolute Gasteiger partial charge is 0.358 e. The molecule has 0 unspecified atom stereocenters. The normalized spacial score (nSPS) is 11.1. The van der Waals surface area contributed by atoms with Gasteiger partial charge in [-0.3, -0.25) is 0 Å². The van der Waals surface area contributed by atoms with Crippen molar-refractivity contribution in [1.29, 1.82) is 0 Å². The Kier molecular flexibility index (Phi) is 3.34. The molecule has 0 radical (unpaired) electrons. The number of nitrogens with zero attached hydrogens (tertiary/aromatic N) is 2. The van der Waals surface area contributed by atoms with Crippen LogP contribution in [-0.2, 0) is 0 Å². The summed E-state index contributed by atoms with van der Waals surface area (Å²) in [6, 6.07) is 11.9. The van der Waals surface area contributed by atoms with Gasteiger partial charge in [-0.1, -0.05) is 29.8 Å². The van der Waals surface area contributed by atoms with Crippen LogP contribution in [0.3, 0.4) is 0 Å². The maximum atomic E-state index is 13.8. The van der Waals surface area contributed by atoms with E-state index in [1.54, 1.807) is 12.4 Å². The number of H-pyrrole nitrogens is 1. The fourth-order valence-corrected chi connectivity index (χ4v) is 2.71. The molecular weight excluding hydrogens is 308 g/mol. The summed E-state index contributed by atoms with van der Waals surface area (Å²) in [5, 5.41) is 0.425. The fourth-order valence-electron chi connectivity index (χ4n) is 2.71. The molecule has 0 saturated carbocycles. The van der Waals surface area contributed by atoms with Gasteiger partial charge in [0.1, 0.15) is 11.6 Å². The van der Waals surface area contributed by atoms with Crippen LogP contribution >= 0.6 is 0 Å². The van der Waals surface area contributed by atoms with E-state index in [1.807, 2.05) is 37.3 Å². The lowest BCUT2D eigenvalue weighted by Crippen LogP contribution is -1.91. The Labute approximate surface area is 137 Å². The van der Waals surface area contributed by atoms with Crippen molar-refractivity contribution in [2.24, 2.45) is 0 Å². The first-order valence-corrected chi connectivity index (χ1v) is 7.48. The monoisotopic (exact) mass is 321 g/mol. The summed E-state index contributed by atoms with van der Waals surface area (Å²) < 4.78 is 27.4. The van der Waals surface area contributed by atoms with Gasteiger partial charge in [0, 0.05) is 35.0 Å². The fraction of sp³-hybridized carbons (Fsp3) is 0.0526. The molecule has 4 aromatic rings. The maximum absolute atomic E-state index is 13.8. The van der Waals surface area contributed by atoms with Crippen LogP contribution in [0.4, 0.5) is 8.78 Å². The van der Waals surface area contributed by atoms with E-state index in [2.05, 4.69) is 15.0 Å². The number of nitrogens with one attached hydrogen (secondary N) is 1. The average molecular weight is 321 g/mol. The van der Waals surface area contributed by atoms with E-state index in [0.29, 0.717) is 16.8 Å². The molecule has 24 heavy (non-hydrogen) atoms. The summed E-state index contributed by atoms with van der Waals surface area (Å²) in [5.74, 6) is -0.842. The van der Waals surface area contributed by atoms with E-state index < -0.39 is 11.6 Å². The minimum Gasteiger partial charge on any atom is -0.358 e. The topological polar surface area (TPSA) is 41.6 Å². The Bertz CT molecular complexity index is 1040. The van der Waals surface area contributed by atoms with Crippen molar-refractivity contribution in [2.75, 3.05) is 0 Å². The van der Waals surface area contributed by atoms with Crippen LogP contribution in [0.15, 0.2) is 54.9 Å². The molecule has 2 heterocycles. The van der Waals surface area contributed by atoms with E-state index in [9.17, 15) is 8.78 Å². The van der Waals surface area contributed by atoms with Crippen molar-refractivity contribution >= 4 is 10.9 Å². The third kappa shape index (κ3) is 2.44. The predicted molar refractivity (Wildman–Crippen MR) is 89.4 cm³/mol. The molecule has 1 N–H and O–H groups in total. The van der Waals surface area contributed by atoms with Crippen molar-refractivity contribution in [3.63, 3.8) is 0 Å². The molecule has 5 heteroatoms. The second kappa shape index (κ2) is 5.53. The third-order valence-electron chi connectivity index (χ3n) is 3.95. The van der Waals surface area contributed by atoms with Crippen LogP contribution in [-0.4, -0.2) is 15.0 Å². The molecule has 0 fully saturated rings. The van der Waals surface area contributed by atoms with Gasteiger partial charge >= 0.3 is 0 Å². The van der Waals surface area contributed by atoms with Gasteiger partial charge in [-0.15, -0.1) is 0 Å². The standard InChI is InChI=1S/C19H13F2N3/c1-11-2-4-12(5-3-11)17-6-7-22-19(24-17)15-10-23-18-14(15)8-13(20)9-16(18)21/h2-10,23H,1H3. The van der Waals surface area contributed by atoms with Crippen LogP contribution < -0.4 is 0 Å². The zero-order valence-electron chi connectivity index (χ0n) is 12.8. The molecule has 0 bridgehead atoms. The number of fused-ring (bicyclic) bond motifs is 1. The average Bonchev–Trinajstić information content (AvgIpc) is 3.00. The Hall–Kier alpha value is -3.08. The molecule has 0 atom stereocenters. The molecule has 0 aliphatic heterocycles. The van der Waals surface area contributed by atoms with Crippen LogP contribution in [0.25, 0.3) is 33.5 Å². The van der Waals surface area contributed by atoms with E-state index in [4.69, 9.17) is 0 Å². The number of benzene rings is 2. The Balaban J connectivity index is 1.86. The van der Waals surface area contributed by atoms with Crippen molar-refractivity contribution < 1.29 is 8.78 Å². The van der Waals surface area contributed by atoms with Crippen molar-refractivity contribution in [3.8, 4) is 22.6 Å². The molecule has 0 aliphatic carbocycles. The SMILES string of the molecule is Cc1ccc(-c2ccnc(-c3c[nH]c4c(F)cc(F)cc34)n2)cc1. The minimum absolute atomic E-state index is 0.246. The quantitative estimate of drug-likeness (QED) is 0.572. The van der Waals surface area contributed by atoms with E-state index in [0.717, 1.165) is 22.9 Å². The van der Waals surface area contributed by atoms with Crippen LogP contribution in [0.2, 0.25) is 0 Å². The number of hydrogen-bond donors (Lipinski definition) is 1. The Morgan fingerprint density at radius 2 is 1.79 bits per heavy atom. The highest BCUT2D eigenvalue weighted by Gasteiger charge is 2.14. The van der Waals surface area contributed by atoms with Crippen molar-refractivity contribution in [3.05, 3.63) is 72.1 Å². The lowest BCUT2D eigenvalue weighted by atomic mass is 10.1. The molecule has 118 valence electrons. The third-order valence-corrected chi connectivity index (χ3v) is 3.95. The highest BCUT2D eigenvalue weighted by atomic mass is 19.1. The molecule has 0 spiro atoms. The van der Waals surface area contributed by atoms with Gasteiger partial charge in [0.15, 0.2) is 5.82 Å². The molecular formula is C19H13F2N3. The number of aryl methyl sites for hydroxylation is 1. The summed E-state index contributed by atoms with van der Waals surface area (Å²) in [7, 11) is 0. The molecule has 0 saturated heterocycles. The highest BCUT2D eigenvalue weighted by molar-refractivity contribution is 5.94. The summed E-state index contributed by atoms with van der Waals surface area (Å²) in [5.41, 5.74) is 3.69. The van der Waals surface area contributed by atoms with E-state index in [1.165, 1.54) is 6.07 Å². The molecule has 0 aliphatic rings. The van der Waals surface area contributed by atoms with Gasteiger partial charge in [0.2, 0.25) is 0 Å². The first-order chi connectivity index (χ1) is 11.6. The van der Waals surface area contributed by atoms with Crippen LogP contribution in [0, 0.1) is 18.6 Å². The number of aromatic amines is 1. The minimum atomic E-state index is -0.633. The van der Waals surface area contributed by atoms with Crippen molar-refractivity contribution in [2.45, 2.75) is 6.92 Å². The Morgan fingerprint density at radius 3 is 2.58 bits per heavy atom. The molecule has 4 rings (SSSR count). The number of aromatic nitrogens is 3. The van der Waals surface area contributed by atoms with Gasteiger partial charge in [-0.25, -0.2) is 18.7 Å². The van der Waals surface area contributed by atoms with E-state index in [-0.39, 0.29) is 5.52 Å². The summed E-state index contributed by atoms with van der Waals surface area (Å²) in [6.45, 7) is 2.02. The second-order valence-electron chi connectivity index (χ2n) is 5.64. The van der Waals surface area contributed by atoms with Crippen LogP contribution in [0.5, 0.6) is 0 Å². The van der Waals surface area contributed by atoms with Gasteiger partial charge in [-0.05, 0) is 19.1 Å². The van der Waals surface area contributed by atoms with Crippen LogP contribution in [0.1, 0.15) is 5.56 Å². The summed E-state index contributed by atoms with van der Waals surface area (Å²) in [6.07, 6.45) is 3.24. The molecule has 2 aromatic heterocycles. The van der Waals surface area contributed by atoms with E-state index >= 15 is 0 Å². The van der Waals surface area contributed by atoms with Gasteiger partial charge in [-0.2, -0.15) is 0 Å². The smallest absolute Gasteiger partial charge is 0.161 e. The number of halogens is 2. The summed E-state index contributed by atoms with van der Waals surface area (Å²) >= 11 is 0. The maximum Gasteiger partial charge on any atom is 0.161 e. The molecule has 0 amide bonds. The number of rotatable bonds is 2. The lowest BCUT2D eigenvalue weighted by Gasteiger charge is -2.04. The Morgan fingerprint density at radius 1 is 1.00 bits per heavy atom. The second-order valence-corrected chi connectivity index (χ2v) is 5.64. The van der Waals surface area contributed by atoms with Gasteiger partial charge in [0.05, 0.1) is 11.2 Å². The molecule has 3 nitrogen and oxygen atoms in total. The lowest BCUT2D eigenvalue weighted by molar-refractivity contribution is 0.591. The number of hydrogen-bond acceptors (Lipinski definition) is 2. The van der Waals surface area contributed by atoms with Gasteiger partial charge < -0.3 is 4.98 Å². The molecule has 2 aromatic carbocycles. The van der Waals surface area contributed by atoms with Gasteiger partial charge in [0.25, 0.3) is 0 Å². The zero-order valence-corrected chi connectivity index (χ0v) is 12.8.